The molecule has 0 unspecified atom stereocenters. The minimum Gasteiger partial charge on any atom is -0.397 e. The number of nitrogens with two attached hydrogens (primary N) is 1. The van der Waals surface area contributed by atoms with Crippen LogP contribution in [0.1, 0.15) is 34.7 Å². The largest absolute Gasteiger partial charge is 0.397 e. The standard InChI is InChI=1S/C12H12N4/c1-6-9(4-13)7(2)11(8(3)15)12(16)10(6)5-14/h15H,16H2,1-3H3. The van der Waals surface area contributed by atoms with Crippen molar-refractivity contribution < 1.29 is 0 Å². The van der Waals surface area contributed by atoms with Crippen LogP contribution in [0.2, 0.25) is 0 Å². The summed E-state index contributed by atoms with van der Waals surface area (Å²) in [5, 5.41) is 25.7. The van der Waals surface area contributed by atoms with E-state index in [0.717, 1.165) is 0 Å². The Bertz CT molecular complexity index is 515. The summed E-state index contributed by atoms with van der Waals surface area (Å²) in [6.07, 6.45) is 0. The molecule has 4 nitrogen and oxygen atoms in total. The first-order valence-corrected chi connectivity index (χ1v) is 4.74. The Labute approximate surface area is 94.4 Å². The maximum absolute atomic E-state index is 9.05. The van der Waals surface area contributed by atoms with E-state index in [1.165, 1.54) is 0 Å². The lowest BCUT2D eigenvalue weighted by molar-refractivity contribution is 1.27. The van der Waals surface area contributed by atoms with Crippen LogP contribution in [0.15, 0.2) is 0 Å². The molecule has 0 aromatic heterocycles. The summed E-state index contributed by atoms with van der Waals surface area (Å²) in [7, 11) is 0. The lowest BCUT2D eigenvalue weighted by Crippen LogP contribution is -2.09. The third-order valence-electron chi connectivity index (χ3n) is 2.64. The molecule has 0 atom stereocenters. The topological polar surface area (TPSA) is 97.5 Å². The average molecular weight is 212 g/mol. The van der Waals surface area contributed by atoms with Gasteiger partial charge in [-0.1, -0.05) is 0 Å². The number of rotatable bonds is 1. The number of anilines is 1. The Morgan fingerprint density at radius 3 is 2.00 bits per heavy atom. The fraction of sp³-hybridized carbons (Fsp3) is 0.250. The highest BCUT2D eigenvalue weighted by Gasteiger charge is 2.18. The number of nitriles is 2. The van der Waals surface area contributed by atoms with Gasteiger partial charge in [-0.15, -0.1) is 0 Å². The Hall–Kier alpha value is -2.33. The van der Waals surface area contributed by atoms with E-state index in [1.807, 2.05) is 6.07 Å². The van der Waals surface area contributed by atoms with E-state index < -0.39 is 0 Å². The van der Waals surface area contributed by atoms with Crippen molar-refractivity contribution in [2.45, 2.75) is 20.8 Å². The molecule has 3 N–H and O–H groups in total. The van der Waals surface area contributed by atoms with Crippen LogP contribution in [0.4, 0.5) is 5.69 Å². The summed E-state index contributed by atoms with van der Waals surface area (Å²) in [6, 6.07) is 4.05. The molecule has 0 amide bonds. The van der Waals surface area contributed by atoms with Gasteiger partial charge in [0.1, 0.15) is 6.07 Å². The molecule has 0 fully saturated rings. The second-order valence-corrected chi connectivity index (χ2v) is 3.64. The summed E-state index contributed by atoms with van der Waals surface area (Å²) in [5.74, 6) is 0. The van der Waals surface area contributed by atoms with Crippen LogP contribution in [0.5, 0.6) is 0 Å². The molecule has 0 aliphatic rings. The van der Waals surface area contributed by atoms with Gasteiger partial charge in [-0.2, -0.15) is 10.5 Å². The first kappa shape index (κ1) is 11.7. The normalized spacial score (nSPS) is 9.31. The molecule has 0 saturated carbocycles. The van der Waals surface area contributed by atoms with Crippen LogP contribution in [0, 0.1) is 41.9 Å². The molecule has 1 rings (SSSR count). The van der Waals surface area contributed by atoms with E-state index in [4.69, 9.17) is 21.7 Å². The van der Waals surface area contributed by atoms with Gasteiger partial charge in [0.2, 0.25) is 0 Å². The predicted octanol–water partition coefficient (Wildman–Crippen LogP) is 2.02. The fourth-order valence-electron chi connectivity index (χ4n) is 1.86. The van der Waals surface area contributed by atoms with Crippen molar-refractivity contribution in [2.75, 3.05) is 5.73 Å². The van der Waals surface area contributed by atoms with Crippen molar-refractivity contribution in [3.8, 4) is 12.1 Å². The summed E-state index contributed by atoms with van der Waals surface area (Å²) in [5.41, 5.74) is 8.90. The van der Waals surface area contributed by atoms with E-state index in [-0.39, 0.29) is 5.71 Å². The smallest absolute Gasteiger partial charge is 0.102 e. The molecule has 4 heteroatoms. The zero-order valence-corrected chi connectivity index (χ0v) is 9.47. The Morgan fingerprint density at radius 2 is 1.62 bits per heavy atom. The third-order valence-corrected chi connectivity index (χ3v) is 2.64. The summed E-state index contributed by atoms with van der Waals surface area (Å²) in [4.78, 5) is 0. The summed E-state index contributed by atoms with van der Waals surface area (Å²) >= 11 is 0. The van der Waals surface area contributed by atoms with Crippen molar-refractivity contribution in [1.29, 1.82) is 15.9 Å². The van der Waals surface area contributed by atoms with E-state index in [0.29, 0.717) is 33.5 Å². The number of hydrogen-bond acceptors (Lipinski definition) is 4. The van der Waals surface area contributed by atoms with Gasteiger partial charge >= 0.3 is 0 Å². The first-order chi connectivity index (χ1) is 7.45. The molecule has 0 heterocycles. The zero-order valence-electron chi connectivity index (χ0n) is 9.47. The molecule has 1 aromatic carbocycles. The minimum absolute atomic E-state index is 0.267. The molecule has 1 aromatic rings. The number of nitrogens with zero attached hydrogens (tertiary/aromatic N) is 2. The van der Waals surface area contributed by atoms with Crippen LogP contribution in [-0.2, 0) is 0 Å². The predicted molar refractivity (Wildman–Crippen MR) is 62.3 cm³/mol. The monoisotopic (exact) mass is 212 g/mol. The minimum atomic E-state index is 0.267. The zero-order chi connectivity index (χ0) is 12.5. The highest BCUT2D eigenvalue weighted by molar-refractivity contribution is 6.04. The molecule has 16 heavy (non-hydrogen) atoms. The third kappa shape index (κ3) is 1.51. The van der Waals surface area contributed by atoms with Gasteiger partial charge in [-0.05, 0) is 31.9 Å². The molecule has 0 aliphatic heterocycles. The fourth-order valence-corrected chi connectivity index (χ4v) is 1.86. The number of nitrogens with one attached hydrogen (secondary N) is 1. The first-order valence-electron chi connectivity index (χ1n) is 4.74. The van der Waals surface area contributed by atoms with Gasteiger partial charge in [0, 0.05) is 11.3 Å². The van der Waals surface area contributed by atoms with Crippen LogP contribution >= 0.6 is 0 Å². The van der Waals surface area contributed by atoms with E-state index in [9.17, 15) is 0 Å². The lowest BCUT2D eigenvalue weighted by atomic mass is 9.90. The Morgan fingerprint density at radius 1 is 1.12 bits per heavy atom. The molecule has 80 valence electrons. The van der Waals surface area contributed by atoms with Crippen LogP contribution < -0.4 is 5.73 Å². The van der Waals surface area contributed by atoms with Crippen LogP contribution in [-0.4, -0.2) is 5.71 Å². The molecule has 0 spiro atoms. The number of benzene rings is 1. The molecule has 0 aliphatic carbocycles. The van der Waals surface area contributed by atoms with Gasteiger partial charge in [0.05, 0.1) is 22.9 Å². The van der Waals surface area contributed by atoms with Gasteiger partial charge in [-0.25, -0.2) is 0 Å². The second kappa shape index (κ2) is 4.04. The van der Waals surface area contributed by atoms with Crippen LogP contribution in [0.3, 0.4) is 0 Å². The Balaban J connectivity index is 3.88. The molecular formula is C12H12N4. The number of nitrogen functional groups attached to an aromatic ring is 1. The average Bonchev–Trinajstić information content (AvgIpc) is 2.18. The van der Waals surface area contributed by atoms with Crippen molar-refractivity contribution >= 4 is 11.4 Å². The second-order valence-electron chi connectivity index (χ2n) is 3.64. The number of hydrogen-bond donors (Lipinski definition) is 2. The van der Waals surface area contributed by atoms with Crippen molar-refractivity contribution in [1.82, 2.24) is 0 Å². The Kier molecular flexibility index (Phi) is 2.96. The molecule has 0 radical (unpaired) electrons. The van der Waals surface area contributed by atoms with Crippen molar-refractivity contribution in [2.24, 2.45) is 0 Å². The summed E-state index contributed by atoms with van der Waals surface area (Å²) < 4.78 is 0. The highest BCUT2D eigenvalue weighted by Crippen LogP contribution is 2.28. The van der Waals surface area contributed by atoms with Gasteiger partial charge in [0.25, 0.3) is 0 Å². The SMILES string of the molecule is CC(=N)c1c(C)c(C#N)c(C)c(C#N)c1N. The summed E-state index contributed by atoms with van der Waals surface area (Å²) in [6.45, 7) is 5.04. The maximum atomic E-state index is 9.05. The van der Waals surface area contributed by atoms with E-state index in [1.54, 1.807) is 20.8 Å². The lowest BCUT2D eigenvalue weighted by Gasteiger charge is -2.14. The maximum Gasteiger partial charge on any atom is 0.102 e. The molecule has 0 saturated heterocycles. The molecule has 0 bridgehead atoms. The quantitative estimate of drug-likeness (QED) is 0.550. The van der Waals surface area contributed by atoms with E-state index in [2.05, 4.69) is 6.07 Å². The van der Waals surface area contributed by atoms with Crippen molar-refractivity contribution in [3.05, 3.63) is 27.8 Å². The van der Waals surface area contributed by atoms with Crippen LogP contribution in [0.25, 0.3) is 0 Å². The van der Waals surface area contributed by atoms with Crippen molar-refractivity contribution in [3.63, 3.8) is 0 Å². The van der Waals surface area contributed by atoms with Gasteiger partial charge < -0.3 is 11.1 Å². The highest BCUT2D eigenvalue weighted by atomic mass is 14.6. The van der Waals surface area contributed by atoms with Gasteiger partial charge in [-0.3, -0.25) is 0 Å². The van der Waals surface area contributed by atoms with E-state index >= 15 is 0 Å². The van der Waals surface area contributed by atoms with Gasteiger partial charge in [0.15, 0.2) is 0 Å². The molecular weight excluding hydrogens is 200 g/mol.